The Morgan fingerprint density at radius 1 is 1.24 bits per heavy atom. The molecule has 1 N–H and O–H groups in total. The number of hydrogen-bond donors (Lipinski definition) is 1. The first-order chi connectivity index (χ1) is 8.29. The van der Waals surface area contributed by atoms with Gasteiger partial charge >= 0.3 is 0 Å². The molecule has 1 heterocycles. The van der Waals surface area contributed by atoms with Gasteiger partial charge in [0.2, 0.25) is 5.91 Å². The summed E-state index contributed by atoms with van der Waals surface area (Å²) in [5.74, 6) is 1.30. The minimum absolute atomic E-state index is 0.339. The third-order valence-electron chi connectivity index (χ3n) is 3.76. The molecule has 1 amide bonds. The highest BCUT2D eigenvalue weighted by molar-refractivity contribution is 5.76. The molecule has 0 aromatic rings. The van der Waals surface area contributed by atoms with E-state index in [9.17, 15) is 4.79 Å². The SMILES string of the molecule is CNCCCC(=O)N1CCN(CC2CC2)CC1. The number of hydrogen-bond acceptors (Lipinski definition) is 3. The summed E-state index contributed by atoms with van der Waals surface area (Å²) in [5, 5.41) is 3.08. The molecule has 1 aliphatic carbocycles. The zero-order chi connectivity index (χ0) is 12.1. The van der Waals surface area contributed by atoms with Crippen molar-refractivity contribution in [3.8, 4) is 0 Å². The molecule has 0 bridgehead atoms. The molecule has 98 valence electrons. The normalized spacial score (nSPS) is 21.8. The van der Waals surface area contributed by atoms with Crippen molar-refractivity contribution in [3.05, 3.63) is 0 Å². The lowest BCUT2D eigenvalue weighted by molar-refractivity contribution is -0.133. The highest BCUT2D eigenvalue weighted by Gasteiger charge is 2.27. The van der Waals surface area contributed by atoms with Crippen LogP contribution in [-0.4, -0.2) is 62.0 Å². The van der Waals surface area contributed by atoms with Gasteiger partial charge in [0.15, 0.2) is 0 Å². The van der Waals surface area contributed by atoms with E-state index < -0.39 is 0 Å². The fourth-order valence-corrected chi connectivity index (χ4v) is 2.42. The van der Waals surface area contributed by atoms with Crippen LogP contribution in [-0.2, 0) is 4.79 Å². The van der Waals surface area contributed by atoms with Crippen LogP contribution >= 0.6 is 0 Å². The van der Waals surface area contributed by atoms with Crippen LogP contribution in [0.1, 0.15) is 25.7 Å². The van der Waals surface area contributed by atoms with E-state index in [1.807, 2.05) is 11.9 Å². The molecular weight excluding hydrogens is 214 g/mol. The molecule has 1 aliphatic heterocycles. The molecule has 2 fully saturated rings. The molecule has 1 saturated carbocycles. The van der Waals surface area contributed by atoms with Crippen molar-refractivity contribution in [2.24, 2.45) is 5.92 Å². The Bertz CT molecular complexity index is 245. The summed E-state index contributed by atoms with van der Waals surface area (Å²) < 4.78 is 0. The number of piperazine rings is 1. The molecule has 4 heteroatoms. The predicted octanol–water partition coefficient (Wildman–Crippen LogP) is 0.540. The van der Waals surface area contributed by atoms with E-state index >= 15 is 0 Å². The van der Waals surface area contributed by atoms with E-state index in [4.69, 9.17) is 0 Å². The van der Waals surface area contributed by atoms with E-state index in [2.05, 4.69) is 10.2 Å². The highest BCUT2D eigenvalue weighted by atomic mass is 16.2. The third-order valence-corrected chi connectivity index (χ3v) is 3.76. The average molecular weight is 239 g/mol. The van der Waals surface area contributed by atoms with Crippen molar-refractivity contribution in [1.29, 1.82) is 0 Å². The average Bonchev–Trinajstić information content (AvgIpc) is 3.14. The standard InChI is InChI=1S/C13H25N3O/c1-14-6-2-3-13(17)16-9-7-15(8-10-16)11-12-4-5-12/h12,14H,2-11H2,1H3. The monoisotopic (exact) mass is 239 g/mol. The first-order valence-electron chi connectivity index (χ1n) is 6.94. The fraction of sp³-hybridized carbons (Fsp3) is 0.923. The van der Waals surface area contributed by atoms with Gasteiger partial charge in [0.1, 0.15) is 0 Å². The van der Waals surface area contributed by atoms with Gasteiger partial charge in [-0.15, -0.1) is 0 Å². The van der Waals surface area contributed by atoms with Gasteiger partial charge in [0, 0.05) is 39.1 Å². The zero-order valence-electron chi connectivity index (χ0n) is 11.0. The van der Waals surface area contributed by atoms with Crippen molar-refractivity contribution in [3.63, 3.8) is 0 Å². The van der Waals surface area contributed by atoms with E-state index in [-0.39, 0.29) is 0 Å². The maximum Gasteiger partial charge on any atom is 0.222 e. The van der Waals surface area contributed by atoms with Crippen LogP contribution in [0, 0.1) is 5.92 Å². The van der Waals surface area contributed by atoms with E-state index in [1.54, 1.807) is 0 Å². The van der Waals surface area contributed by atoms with E-state index in [0.717, 1.165) is 45.1 Å². The topological polar surface area (TPSA) is 35.6 Å². The van der Waals surface area contributed by atoms with Gasteiger partial charge in [-0.2, -0.15) is 0 Å². The number of carbonyl (C=O) groups excluding carboxylic acids is 1. The Morgan fingerprint density at radius 3 is 2.53 bits per heavy atom. The molecule has 0 radical (unpaired) electrons. The van der Waals surface area contributed by atoms with Gasteiger partial charge in [-0.05, 0) is 38.8 Å². The summed E-state index contributed by atoms with van der Waals surface area (Å²) in [6, 6.07) is 0. The molecule has 2 rings (SSSR count). The molecule has 4 nitrogen and oxygen atoms in total. The molecule has 1 saturated heterocycles. The van der Waals surface area contributed by atoms with Gasteiger partial charge < -0.3 is 10.2 Å². The highest BCUT2D eigenvalue weighted by Crippen LogP contribution is 2.29. The lowest BCUT2D eigenvalue weighted by Crippen LogP contribution is -2.49. The molecular formula is C13H25N3O. The molecule has 0 spiro atoms. The lowest BCUT2D eigenvalue weighted by atomic mass is 10.2. The Kier molecular flexibility index (Phi) is 4.80. The first-order valence-corrected chi connectivity index (χ1v) is 6.94. The molecule has 0 atom stereocenters. The second-order valence-electron chi connectivity index (χ2n) is 5.33. The van der Waals surface area contributed by atoms with Crippen LogP contribution in [0.25, 0.3) is 0 Å². The first kappa shape index (κ1) is 12.8. The molecule has 0 aromatic carbocycles. The second kappa shape index (κ2) is 6.36. The van der Waals surface area contributed by atoms with Crippen molar-refractivity contribution >= 4 is 5.91 Å². The Morgan fingerprint density at radius 2 is 1.94 bits per heavy atom. The van der Waals surface area contributed by atoms with Crippen LogP contribution < -0.4 is 5.32 Å². The maximum atomic E-state index is 11.9. The van der Waals surface area contributed by atoms with Crippen LogP contribution in [0.4, 0.5) is 0 Å². The summed E-state index contributed by atoms with van der Waals surface area (Å²) in [4.78, 5) is 16.5. The quantitative estimate of drug-likeness (QED) is 0.687. The number of amides is 1. The number of rotatable bonds is 6. The summed E-state index contributed by atoms with van der Waals surface area (Å²) in [7, 11) is 1.93. The Hall–Kier alpha value is -0.610. The van der Waals surface area contributed by atoms with Crippen molar-refractivity contribution in [2.45, 2.75) is 25.7 Å². The van der Waals surface area contributed by atoms with Crippen molar-refractivity contribution < 1.29 is 4.79 Å². The zero-order valence-corrected chi connectivity index (χ0v) is 11.0. The summed E-state index contributed by atoms with van der Waals surface area (Å²) in [5.41, 5.74) is 0. The largest absolute Gasteiger partial charge is 0.340 e. The summed E-state index contributed by atoms with van der Waals surface area (Å²) >= 11 is 0. The van der Waals surface area contributed by atoms with Crippen LogP contribution in [0.15, 0.2) is 0 Å². The van der Waals surface area contributed by atoms with Crippen LogP contribution in [0.2, 0.25) is 0 Å². The Balaban J connectivity index is 1.61. The fourth-order valence-electron chi connectivity index (χ4n) is 2.42. The van der Waals surface area contributed by atoms with Crippen molar-refractivity contribution in [2.75, 3.05) is 46.3 Å². The number of nitrogens with zero attached hydrogens (tertiary/aromatic N) is 2. The minimum atomic E-state index is 0.339. The third kappa shape index (κ3) is 4.28. The Labute approximate surface area is 104 Å². The van der Waals surface area contributed by atoms with Gasteiger partial charge in [-0.25, -0.2) is 0 Å². The van der Waals surface area contributed by atoms with Gasteiger partial charge in [0.25, 0.3) is 0 Å². The van der Waals surface area contributed by atoms with Crippen molar-refractivity contribution in [1.82, 2.24) is 15.1 Å². The summed E-state index contributed by atoms with van der Waals surface area (Å²) in [6.07, 6.45) is 4.49. The van der Waals surface area contributed by atoms with E-state index in [0.29, 0.717) is 12.3 Å². The van der Waals surface area contributed by atoms with E-state index in [1.165, 1.54) is 19.4 Å². The molecule has 2 aliphatic rings. The van der Waals surface area contributed by atoms with Crippen LogP contribution in [0.5, 0.6) is 0 Å². The molecule has 17 heavy (non-hydrogen) atoms. The molecule has 0 unspecified atom stereocenters. The van der Waals surface area contributed by atoms with Gasteiger partial charge in [0.05, 0.1) is 0 Å². The maximum absolute atomic E-state index is 11.9. The van der Waals surface area contributed by atoms with Gasteiger partial charge in [-0.3, -0.25) is 9.69 Å². The second-order valence-corrected chi connectivity index (χ2v) is 5.33. The predicted molar refractivity (Wildman–Crippen MR) is 68.9 cm³/mol. The number of carbonyl (C=O) groups is 1. The number of nitrogens with one attached hydrogen (secondary N) is 1. The smallest absolute Gasteiger partial charge is 0.222 e. The molecule has 0 aromatic heterocycles. The summed E-state index contributed by atoms with van der Waals surface area (Å²) in [6.45, 7) is 6.23. The van der Waals surface area contributed by atoms with Gasteiger partial charge in [-0.1, -0.05) is 0 Å². The minimum Gasteiger partial charge on any atom is -0.340 e. The van der Waals surface area contributed by atoms with Crippen LogP contribution in [0.3, 0.4) is 0 Å². The lowest BCUT2D eigenvalue weighted by Gasteiger charge is -2.34.